The van der Waals surface area contributed by atoms with Gasteiger partial charge in [0.1, 0.15) is 5.15 Å². The molecule has 0 spiro atoms. The molecule has 1 N–H and O–H groups in total. The van der Waals surface area contributed by atoms with Crippen LogP contribution in [-0.4, -0.2) is 10.1 Å². The fourth-order valence-electron chi connectivity index (χ4n) is 1.34. The maximum absolute atomic E-state index is 9.75. The first kappa shape index (κ1) is 11.5. The van der Waals surface area contributed by atoms with Gasteiger partial charge in [0.05, 0.1) is 6.10 Å². The largest absolute Gasteiger partial charge is 0.388 e. The van der Waals surface area contributed by atoms with Crippen molar-refractivity contribution in [3.05, 3.63) is 29.0 Å². The topological polar surface area (TPSA) is 33.1 Å². The van der Waals surface area contributed by atoms with Crippen LogP contribution >= 0.6 is 11.6 Å². The SMILES string of the molecule is CCCCC[C@@H](O)c1ccc(Cl)nc1. The Kier molecular flexibility index (Phi) is 4.91. The molecule has 78 valence electrons. The Hall–Kier alpha value is -0.600. The summed E-state index contributed by atoms with van der Waals surface area (Å²) in [5.74, 6) is 0. The smallest absolute Gasteiger partial charge is 0.129 e. The predicted octanol–water partition coefficient (Wildman–Crippen LogP) is 3.35. The highest BCUT2D eigenvalue weighted by Crippen LogP contribution is 2.19. The predicted molar refractivity (Wildman–Crippen MR) is 58.3 cm³/mol. The van der Waals surface area contributed by atoms with Gasteiger partial charge in [-0.3, -0.25) is 0 Å². The lowest BCUT2D eigenvalue weighted by Gasteiger charge is -2.09. The van der Waals surface area contributed by atoms with E-state index in [0.29, 0.717) is 5.15 Å². The Balaban J connectivity index is 2.43. The van der Waals surface area contributed by atoms with E-state index in [1.807, 2.05) is 6.07 Å². The number of halogens is 1. The van der Waals surface area contributed by atoms with Gasteiger partial charge in [-0.25, -0.2) is 4.98 Å². The molecule has 0 aliphatic rings. The molecule has 2 nitrogen and oxygen atoms in total. The highest BCUT2D eigenvalue weighted by atomic mass is 35.5. The molecule has 3 heteroatoms. The van der Waals surface area contributed by atoms with Crippen LogP contribution in [0.3, 0.4) is 0 Å². The summed E-state index contributed by atoms with van der Waals surface area (Å²) in [6, 6.07) is 3.53. The zero-order valence-electron chi connectivity index (χ0n) is 8.41. The number of hydrogen-bond acceptors (Lipinski definition) is 2. The van der Waals surface area contributed by atoms with E-state index < -0.39 is 6.10 Å². The molecule has 0 aliphatic carbocycles. The summed E-state index contributed by atoms with van der Waals surface area (Å²) < 4.78 is 0. The minimum atomic E-state index is -0.397. The number of hydrogen-bond donors (Lipinski definition) is 1. The third-order valence-electron chi connectivity index (χ3n) is 2.22. The number of pyridine rings is 1. The van der Waals surface area contributed by atoms with Crippen LogP contribution < -0.4 is 0 Å². The van der Waals surface area contributed by atoms with Crippen LogP contribution in [-0.2, 0) is 0 Å². The van der Waals surface area contributed by atoms with Gasteiger partial charge in [0.25, 0.3) is 0 Å². The standard InChI is InChI=1S/C11H16ClNO/c1-2-3-4-5-10(14)9-6-7-11(12)13-8-9/h6-8,10,14H,2-5H2,1H3/t10-/m1/s1. The van der Waals surface area contributed by atoms with Crippen LogP contribution in [0.25, 0.3) is 0 Å². The quantitative estimate of drug-likeness (QED) is 0.601. The highest BCUT2D eigenvalue weighted by Gasteiger charge is 2.06. The molecular formula is C11H16ClNO. The van der Waals surface area contributed by atoms with Gasteiger partial charge in [0.2, 0.25) is 0 Å². The number of aromatic nitrogens is 1. The maximum atomic E-state index is 9.75. The fourth-order valence-corrected chi connectivity index (χ4v) is 1.45. The van der Waals surface area contributed by atoms with Crippen LogP contribution in [0.5, 0.6) is 0 Å². The summed E-state index contributed by atoms with van der Waals surface area (Å²) in [7, 11) is 0. The van der Waals surface area contributed by atoms with E-state index in [-0.39, 0.29) is 0 Å². The second-order valence-electron chi connectivity index (χ2n) is 3.43. The molecule has 0 saturated carbocycles. The highest BCUT2D eigenvalue weighted by molar-refractivity contribution is 6.29. The fraction of sp³-hybridized carbons (Fsp3) is 0.545. The van der Waals surface area contributed by atoms with Crippen molar-refractivity contribution in [2.75, 3.05) is 0 Å². The first-order chi connectivity index (χ1) is 6.74. The summed E-state index contributed by atoms with van der Waals surface area (Å²) in [4.78, 5) is 3.93. The Morgan fingerprint density at radius 1 is 1.43 bits per heavy atom. The Morgan fingerprint density at radius 3 is 2.79 bits per heavy atom. The van der Waals surface area contributed by atoms with Crippen molar-refractivity contribution in [3.8, 4) is 0 Å². The van der Waals surface area contributed by atoms with Gasteiger partial charge in [-0.1, -0.05) is 43.9 Å². The molecule has 14 heavy (non-hydrogen) atoms. The van der Waals surface area contributed by atoms with Gasteiger partial charge in [-0.2, -0.15) is 0 Å². The van der Waals surface area contributed by atoms with Crippen LogP contribution in [0.15, 0.2) is 18.3 Å². The average molecular weight is 214 g/mol. The molecule has 1 aromatic rings. The number of aliphatic hydroxyl groups is 1. The summed E-state index contributed by atoms with van der Waals surface area (Å²) in [6.45, 7) is 2.15. The van der Waals surface area contributed by atoms with E-state index in [4.69, 9.17) is 11.6 Å². The van der Waals surface area contributed by atoms with Crippen molar-refractivity contribution in [1.82, 2.24) is 4.98 Å². The molecular weight excluding hydrogens is 198 g/mol. The molecule has 1 heterocycles. The van der Waals surface area contributed by atoms with Crippen LogP contribution in [0.4, 0.5) is 0 Å². The lowest BCUT2D eigenvalue weighted by molar-refractivity contribution is 0.163. The van der Waals surface area contributed by atoms with Crippen molar-refractivity contribution >= 4 is 11.6 Å². The van der Waals surface area contributed by atoms with E-state index in [2.05, 4.69) is 11.9 Å². The second-order valence-corrected chi connectivity index (χ2v) is 3.81. The van der Waals surface area contributed by atoms with Gasteiger partial charge < -0.3 is 5.11 Å². The zero-order valence-corrected chi connectivity index (χ0v) is 9.17. The second kappa shape index (κ2) is 5.99. The molecule has 0 bridgehead atoms. The average Bonchev–Trinajstić information content (AvgIpc) is 2.19. The van der Waals surface area contributed by atoms with Gasteiger partial charge in [-0.15, -0.1) is 0 Å². The maximum Gasteiger partial charge on any atom is 0.129 e. The van der Waals surface area contributed by atoms with E-state index in [9.17, 15) is 5.11 Å². The van der Waals surface area contributed by atoms with Crippen LogP contribution in [0.2, 0.25) is 5.15 Å². The van der Waals surface area contributed by atoms with Crippen molar-refractivity contribution < 1.29 is 5.11 Å². The molecule has 1 atom stereocenters. The monoisotopic (exact) mass is 213 g/mol. The summed E-state index contributed by atoms with van der Waals surface area (Å²) in [6.07, 6.45) is 5.44. The van der Waals surface area contributed by atoms with Gasteiger partial charge >= 0.3 is 0 Å². The first-order valence-corrected chi connectivity index (χ1v) is 5.41. The lowest BCUT2D eigenvalue weighted by Crippen LogP contribution is -1.97. The summed E-state index contributed by atoms with van der Waals surface area (Å²) >= 11 is 5.65. The minimum absolute atomic E-state index is 0.397. The molecule has 0 fully saturated rings. The van der Waals surface area contributed by atoms with E-state index in [1.165, 1.54) is 6.42 Å². The number of aliphatic hydroxyl groups excluding tert-OH is 1. The third kappa shape index (κ3) is 3.64. The Bertz CT molecular complexity index is 260. The summed E-state index contributed by atoms with van der Waals surface area (Å²) in [5, 5.41) is 10.2. The Labute approximate surface area is 89.9 Å². The van der Waals surface area contributed by atoms with Gasteiger partial charge in [-0.05, 0) is 18.1 Å². The van der Waals surface area contributed by atoms with E-state index in [0.717, 1.165) is 24.8 Å². The summed E-state index contributed by atoms with van der Waals surface area (Å²) in [5.41, 5.74) is 0.852. The third-order valence-corrected chi connectivity index (χ3v) is 2.44. The molecule has 0 saturated heterocycles. The molecule has 0 radical (unpaired) electrons. The molecule has 1 rings (SSSR count). The molecule has 0 aliphatic heterocycles. The van der Waals surface area contributed by atoms with Crippen molar-refractivity contribution in [3.63, 3.8) is 0 Å². The number of rotatable bonds is 5. The minimum Gasteiger partial charge on any atom is -0.388 e. The van der Waals surface area contributed by atoms with Crippen molar-refractivity contribution in [2.45, 2.75) is 38.7 Å². The van der Waals surface area contributed by atoms with E-state index >= 15 is 0 Å². The zero-order chi connectivity index (χ0) is 10.4. The molecule has 0 unspecified atom stereocenters. The Morgan fingerprint density at radius 2 is 2.21 bits per heavy atom. The van der Waals surface area contributed by atoms with Gasteiger partial charge in [0, 0.05) is 6.20 Å². The van der Waals surface area contributed by atoms with Crippen molar-refractivity contribution in [2.24, 2.45) is 0 Å². The normalized spacial score (nSPS) is 12.8. The van der Waals surface area contributed by atoms with E-state index in [1.54, 1.807) is 12.3 Å². The van der Waals surface area contributed by atoms with Crippen LogP contribution in [0.1, 0.15) is 44.3 Å². The number of nitrogens with zero attached hydrogens (tertiary/aromatic N) is 1. The van der Waals surface area contributed by atoms with Gasteiger partial charge in [0.15, 0.2) is 0 Å². The van der Waals surface area contributed by atoms with Crippen molar-refractivity contribution in [1.29, 1.82) is 0 Å². The first-order valence-electron chi connectivity index (χ1n) is 5.03. The molecule has 0 amide bonds. The lowest BCUT2D eigenvalue weighted by atomic mass is 10.1. The van der Waals surface area contributed by atoms with Crippen LogP contribution in [0, 0.1) is 0 Å². The molecule has 0 aromatic carbocycles. The number of unbranched alkanes of at least 4 members (excludes halogenated alkanes) is 2. The molecule has 1 aromatic heterocycles.